The van der Waals surface area contributed by atoms with Gasteiger partial charge in [0.05, 0.1) is 0 Å². The number of aliphatic carboxylic acids is 1. The third kappa shape index (κ3) is 6.44. The lowest BCUT2D eigenvalue weighted by atomic mass is 10.0. The summed E-state index contributed by atoms with van der Waals surface area (Å²) in [4.78, 5) is 36.3. The molecule has 0 aliphatic heterocycles. The third-order valence-electron chi connectivity index (χ3n) is 2.20. The van der Waals surface area contributed by atoms with Crippen LogP contribution in [0.15, 0.2) is 4.99 Å². The van der Waals surface area contributed by atoms with Gasteiger partial charge in [-0.05, 0) is 19.1 Å². The molecule has 0 aromatic rings. The number of amides is 2. The molecule has 0 saturated heterocycles. The topological polar surface area (TPSA) is 95.8 Å². The molecule has 0 radical (unpaired) electrons. The van der Waals surface area contributed by atoms with Gasteiger partial charge in [0.25, 0.3) is 5.91 Å². The second-order valence-corrected chi connectivity index (χ2v) is 4.03. The molecular formula is C11H18N2O4. The molecule has 0 aromatic carbocycles. The van der Waals surface area contributed by atoms with E-state index in [9.17, 15) is 14.4 Å². The van der Waals surface area contributed by atoms with Crippen molar-refractivity contribution in [2.24, 2.45) is 10.9 Å². The zero-order valence-corrected chi connectivity index (χ0v) is 10.1. The quantitative estimate of drug-likeness (QED) is 0.639. The summed E-state index contributed by atoms with van der Waals surface area (Å²) in [5, 5.41) is 10.9. The van der Waals surface area contributed by atoms with E-state index < -0.39 is 17.9 Å². The number of rotatable bonds is 7. The van der Waals surface area contributed by atoms with E-state index in [4.69, 9.17) is 5.11 Å². The van der Waals surface area contributed by atoms with Crippen molar-refractivity contribution in [1.29, 1.82) is 0 Å². The van der Waals surface area contributed by atoms with E-state index in [1.807, 2.05) is 0 Å². The van der Waals surface area contributed by atoms with Gasteiger partial charge >= 0.3 is 5.97 Å². The Bertz CT molecular complexity index is 313. The van der Waals surface area contributed by atoms with Gasteiger partial charge in [0.2, 0.25) is 5.91 Å². The summed E-state index contributed by atoms with van der Waals surface area (Å²) in [7, 11) is 0. The predicted molar refractivity (Wildman–Crippen MR) is 62.8 cm³/mol. The van der Waals surface area contributed by atoms with Gasteiger partial charge in [0.1, 0.15) is 6.04 Å². The normalized spacial score (nSPS) is 11.9. The van der Waals surface area contributed by atoms with Crippen LogP contribution in [0, 0.1) is 5.92 Å². The number of hydrogen-bond acceptors (Lipinski definition) is 3. The van der Waals surface area contributed by atoms with Crippen molar-refractivity contribution in [3.8, 4) is 0 Å². The van der Waals surface area contributed by atoms with Crippen LogP contribution < -0.4 is 5.32 Å². The smallest absolute Gasteiger partial charge is 0.303 e. The first-order valence-electron chi connectivity index (χ1n) is 5.40. The van der Waals surface area contributed by atoms with Gasteiger partial charge in [-0.15, -0.1) is 0 Å². The lowest BCUT2D eigenvalue weighted by molar-refractivity contribution is -0.137. The molecule has 6 nitrogen and oxygen atoms in total. The van der Waals surface area contributed by atoms with Gasteiger partial charge in [-0.25, -0.2) is 4.99 Å². The van der Waals surface area contributed by atoms with Gasteiger partial charge in [-0.1, -0.05) is 13.8 Å². The molecular weight excluding hydrogens is 224 g/mol. The average Bonchev–Trinajstić information content (AvgIpc) is 2.24. The Morgan fingerprint density at radius 3 is 2.29 bits per heavy atom. The summed E-state index contributed by atoms with van der Waals surface area (Å²) in [5.41, 5.74) is 0. The second kappa shape index (κ2) is 7.54. The van der Waals surface area contributed by atoms with Crippen molar-refractivity contribution in [3.05, 3.63) is 0 Å². The Balaban J connectivity index is 4.18. The highest BCUT2D eigenvalue weighted by Gasteiger charge is 2.22. The molecule has 0 bridgehead atoms. The van der Waals surface area contributed by atoms with E-state index in [1.165, 1.54) is 0 Å². The van der Waals surface area contributed by atoms with Crippen LogP contribution in [-0.2, 0) is 14.4 Å². The number of aliphatic imine (C=N–C) groups is 1. The monoisotopic (exact) mass is 242 g/mol. The fraction of sp³-hybridized carbons (Fsp3) is 0.636. The highest BCUT2D eigenvalue weighted by atomic mass is 16.4. The molecule has 0 heterocycles. The number of carbonyl (C=O) groups is 3. The number of carbonyl (C=O) groups excluding carboxylic acids is 2. The molecule has 2 N–H and O–H groups in total. The molecule has 0 fully saturated rings. The number of hydrogen-bond donors (Lipinski definition) is 2. The van der Waals surface area contributed by atoms with Gasteiger partial charge < -0.3 is 10.4 Å². The Kier molecular flexibility index (Phi) is 6.77. The molecule has 0 rings (SSSR count). The molecule has 0 saturated carbocycles. The van der Waals surface area contributed by atoms with E-state index in [2.05, 4.69) is 17.0 Å². The molecule has 0 unspecified atom stereocenters. The molecule has 1 atom stereocenters. The number of nitrogens with one attached hydrogen (secondary N) is 1. The van der Waals surface area contributed by atoms with Crippen molar-refractivity contribution < 1.29 is 19.5 Å². The van der Waals surface area contributed by atoms with E-state index >= 15 is 0 Å². The minimum absolute atomic E-state index is 0.0621. The maximum Gasteiger partial charge on any atom is 0.303 e. The standard InChI is InChI=1S/C11H18N2O4/c1-7(2)10(11(17)12-3)13-8(14)5-4-6-9(15)16/h7,10H,3-6H2,1-2H3,(H,13,14)(H,15,16)/t10-/m0/s1. The van der Waals surface area contributed by atoms with Crippen molar-refractivity contribution in [3.63, 3.8) is 0 Å². The zero-order valence-electron chi connectivity index (χ0n) is 10.1. The second-order valence-electron chi connectivity index (χ2n) is 4.03. The summed E-state index contributed by atoms with van der Waals surface area (Å²) in [6, 6.07) is -0.690. The van der Waals surface area contributed by atoms with E-state index in [-0.39, 0.29) is 31.1 Å². The highest BCUT2D eigenvalue weighted by molar-refractivity contribution is 5.90. The Morgan fingerprint density at radius 1 is 1.29 bits per heavy atom. The zero-order chi connectivity index (χ0) is 13.4. The lowest BCUT2D eigenvalue weighted by Gasteiger charge is -2.18. The fourth-order valence-corrected chi connectivity index (χ4v) is 1.26. The van der Waals surface area contributed by atoms with Gasteiger partial charge in [-0.3, -0.25) is 14.4 Å². The van der Waals surface area contributed by atoms with Crippen molar-refractivity contribution >= 4 is 24.5 Å². The average molecular weight is 242 g/mol. The first-order chi connectivity index (χ1) is 7.88. The van der Waals surface area contributed by atoms with E-state index in [0.29, 0.717) is 0 Å². The number of carboxylic acids is 1. The fourth-order valence-electron chi connectivity index (χ4n) is 1.26. The van der Waals surface area contributed by atoms with Gasteiger partial charge in [0, 0.05) is 12.8 Å². The molecule has 0 aliphatic rings. The molecule has 17 heavy (non-hydrogen) atoms. The lowest BCUT2D eigenvalue weighted by Crippen LogP contribution is -2.43. The van der Waals surface area contributed by atoms with Crippen LogP contribution in [-0.4, -0.2) is 35.6 Å². The van der Waals surface area contributed by atoms with Gasteiger partial charge in [0.15, 0.2) is 0 Å². The minimum Gasteiger partial charge on any atom is -0.481 e. The summed E-state index contributed by atoms with van der Waals surface area (Å²) in [5.74, 6) is -1.85. The maximum atomic E-state index is 11.4. The molecule has 0 spiro atoms. The van der Waals surface area contributed by atoms with Crippen LogP contribution in [0.5, 0.6) is 0 Å². The van der Waals surface area contributed by atoms with Crippen molar-refractivity contribution in [1.82, 2.24) is 5.32 Å². The van der Waals surface area contributed by atoms with E-state index in [1.54, 1.807) is 13.8 Å². The van der Waals surface area contributed by atoms with E-state index in [0.717, 1.165) is 0 Å². The maximum absolute atomic E-state index is 11.4. The van der Waals surface area contributed by atoms with Crippen LogP contribution in [0.3, 0.4) is 0 Å². The van der Waals surface area contributed by atoms with Crippen LogP contribution in [0.4, 0.5) is 0 Å². The largest absolute Gasteiger partial charge is 0.481 e. The molecule has 2 amide bonds. The first kappa shape index (κ1) is 15.3. The Hall–Kier alpha value is -1.72. The van der Waals surface area contributed by atoms with Crippen LogP contribution in [0.2, 0.25) is 0 Å². The number of carboxylic acid groups (broad SMARTS) is 1. The third-order valence-corrected chi connectivity index (χ3v) is 2.20. The summed E-state index contributed by atoms with van der Waals surface area (Å²) < 4.78 is 0. The van der Waals surface area contributed by atoms with Crippen LogP contribution >= 0.6 is 0 Å². The van der Waals surface area contributed by atoms with Crippen LogP contribution in [0.1, 0.15) is 33.1 Å². The highest BCUT2D eigenvalue weighted by Crippen LogP contribution is 2.05. The predicted octanol–water partition coefficient (Wildman–Crippen LogP) is 0.609. The Labute approximate surface area is 100 Å². The Morgan fingerprint density at radius 2 is 1.88 bits per heavy atom. The summed E-state index contributed by atoms with van der Waals surface area (Å²) >= 11 is 0. The van der Waals surface area contributed by atoms with Crippen molar-refractivity contribution in [2.75, 3.05) is 0 Å². The molecule has 0 aliphatic carbocycles. The SMILES string of the molecule is C=NC(=O)[C@@H](NC(=O)CCCC(=O)O)C(C)C. The number of nitrogens with zero attached hydrogens (tertiary/aromatic N) is 1. The van der Waals surface area contributed by atoms with Gasteiger partial charge in [-0.2, -0.15) is 0 Å². The molecule has 96 valence electrons. The summed E-state index contributed by atoms with van der Waals surface area (Å²) in [6.07, 6.45) is 0.273. The van der Waals surface area contributed by atoms with Crippen molar-refractivity contribution in [2.45, 2.75) is 39.2 Å². The van der Waals surface area contributed by atoms with Crippen LogP contribution in [0.25, 0.3) is 0 Å². The molecule has 0 aromatic heterocycles. The first-order valence-corrected chi connectivity index (χ1v) is 5.40. The molecule has 6 heteroatoms. The minimum atomic E-state index is -0.943. The summed E-state index contributed by atoms with van der Waals surface area (Å²) in [6.45, 7) is 6.69.